The fraction of sp³-hybridized carbons (Fsp3) is 0.333. The number of hydrogen-bond acceptors (Lipinski definition) is 2. The number of nitrogens with zero attached hydrogens (tertiary/aromatic N) is 4. The Hall–Kier alpha value is -1.81. The minimum atomic E-state index is -0.925. The van der Waals surface area contributed by atoms with Crippen LogP contribution in [0.2, 0.25) is 0 Å². The second kappa shape index (κ2) is 4.61. The molecule has 0 aliphatic rings. The molecule has 0 aliphatic carbocycles. The van der Waals surface area contributed by atoms with Crippen LogP contribution in [0, 0.1) is 11.6 Å². The Kier molecular flexibility index (Phi) is 3.46. The van der Waals surface area contributed by atoms with E-state index in [0.29, 0.717) is 5.56 Å². The molecule has 0 N–H and O–H groups in total. The van der Waals surface area contributed by atoms with Gasteiger partial charge in [-0.2, -0.15) is 0 Å². The first kappa shape index (κ1) is 11.3. The summed E-state index contributed by atoms with van der Waals surface area (Å²) in [7, 11) is 3.19. The van der Waals surface area contributed by atoms with Crippen LogP contribution in [-0.2, 0) is 6.54 Å². The smallest absolute Gasteiger partial charge is 0.182 e. The fourth-order valence-corrected chi connectivity index (χ4v) is 1.30. The van der Waals surface area contributed by atoms with Gasteiger partial charge in [0.25, 0.3) is 0 Å². The predicted molar refractivity (Wildman–Crippen MR) is 53.5 cm³/mol. The third kappa shape index (κ3) is 2.35. The molecule has 15 heavy (non-hydrogen) atoms. The molecule has 80 valence electrons. The Morgan fingerprint density at radius 2 is 2.07 bits per heavy atom. The van der Waals surface area contributed by atoms with Crippen molar-refractivity contribution in [3.05, 3.63) is 39.8 Å². The van der Waals surface area contributed by atoms with Crippen molar-refractivity contribution in [2.75, 3.05) is 19.0 Å². The van der Waals surface area contributed by atoms with Crippen LogP contribution in [-0.4, -0.2) is 14.1 Å². The van der Waals surface area contributed by atoms with Gasteiger partial charge in [-0.15, -0.1) is 0 Å². The first-order valence-corrected chi connectivity index (χ1v) is 4.23. The van der Waals surface area contributed by atoms with Crippen LogP contribution in [0.3, 0.4) is 0 Å². The van der Waals surface area contributed by atoms with Gasteiger partial charge in [0.15, 0.2) is 11.6 Å². The van der Waals surface area contributed by atoms with E-state index in [0.717, 1.165) is 6.07 Å². The van der Waals surface area contributed by atoms with E-state index in [1.807, 2.05) is 0 Å². The summed E-state index contributed by atoms with van der Waals surface area (Å²) in [6.45, 7) is 0.00120. The Bertz CT molecular complexity index is 411. The second-order valence-corrected chi connectivity index (χ2v) is 3.15. The molecule has 0 radical (unpaired) electrons. The molecule has 4 nitrogen and oxygen atoms in total. The van der Waals surface area contributed by atoms with Gasteiger partial charge >= 0.3 is 0 Å². The molecule has 0 atom stereocenters. The highest BCUT2D eigenvalue weighted by molar-refractivity contribution is 5.54. The van der Waals surface area contributed by atoms with E-state index < -0.39 is 11.6 Å². The monoisotopic (exact) mass is 212 g/mol. The van der Waals surface area contributed by atoms with E-state index in [1.54, 1.807) is 14.1 Å². The first-order chi connectivity index (χ1) is 7.07. The SMILES string of the molecule is CN(C)c1c(CN=[N+]=[N-])ccc(F)c1F. The lowest BCUT2D eigenvalue weighted by Gasteiger charge is -2.17. The summed E-state index contributed by atoms with van der Waals surface area (Å²) in [5, 5.41) is 3.32. The van der Waals surface area contributed by atoms with Crippen molar-refractivity contribution in [1.82, 2.24) is 0 Å². The molecule has 0 saturated heterocycles. The van der Waals surface area contributed by atoms with Crippen LogP contribution in [0.1, 0.15) is 5.56 Å². The molecule has 1 aromatic rings. The number of benzene rings is 1. The highest BCUT2D eigenvalue weighted by Crippen LogP contribution is 2.25. The molecule has 0 bridgehead atoms. The van der Waals surface area contributed by atoms with E-state index in [4.69, 9.17) is 5.53 Å². The molecule has 6 heteroatoms. The van der Waals surface area contributed by atoms with Crippen molar-refractivity contribution < 1.29 is 8.78 Å². The van der Waals surface area contributed by atoms with Gasteiger partial charge in [-0.05, 0) is 17.2 Å². The molecule has 0 saturated carbocycles. The summed E-state index contributed by atoms with van der Waals surface area (Å²) in [5.41, 5.74) is 8.73. The summed E-state index contributed by atoms with van der Waals surface area (Å²) in [4.78, 5) is 4.02. The van der Waals surface area contributed by atoms with Crippen molar-refractivity contribution in [2.45, 2.75) is 6.54 Å². The lowest BCUT2D eigenvalue weighted by Crippen LogP contribution is -2.14. The molecule has 0 aromatic heterocycles. The Balaban J connectivity index is 3.26. The Labute approximate surface area is 85.8 Å². The quantitative estimate of drug-likeness (QED) is 0.431. The van der Waals surface area contributed by atoms with Gasteiger partial charge in [0, 0.05) is 19.0 Å². The van der Waals surface area contributed by atoms with Gasteiger partial charge in [0.2, 0.25) is 0 Å². The molecule has 0 unspecified atom stereocenters. The van der Waals surface area contributed by atoms with Crippen molar-refractivity contribution in [3.63, 3.8) is 0 Å². The van der Waals surface area contributed by atoms with Gasteiger partial charge in [0.05, 0.1) is 12.2 Å². The largest absolute Gasteiger partial charge is 0.375 e. The maximum absolute atomic E-state index is 13.4. The third-order valence-corrected chi connectivity index (χ3v) is 1.90. The van der Waals surface area contributed by atoms with Crippen LogP contribution in [0.15, 0.2) is 17.2 Å². The number of azide groups is 1. The van der Waals surface area contributed by atoms with Gasteiger partial charge in [-0.25, -0.2) is 8.78 Å². The lowest BCUT2D eigenvalue weighted by atomic mass is 10.1. The molecule has 0 spiro atoms. The van der Waals surface area contributed by atoms with Gasteiger partial charge < -0.3 is 4.90 Å². The summed E-state index contributed by atoms with van der Waals surface area (Å²) in [6.07, 6.45) is 0. The third-order valence-electron chi connectivity index (χ3n) is 1.90. The fourth-order valence-electron chi connectivity index (χ4n) is 1.30. The zero-order valence-electron chi connectivity index (χ0n) is 8.41. The van der Waals surface area contributed by atoms with E-state index in [-0.39, 0.29) is 12.2 Å². The molecule has 1 rings (SSSR count). The zero-order chi connectivity index (χ0) is 11.4. The summed E-state index contributed by atoms with van der Waals surface area (Å²) >= 11 is 0. The van der Waals surface area contributed by atoms with Crippen LogP contribution in [0.5, 0.6) is 0 Å². The normalized spacial score (nSPS) is 9.60. The predicted octanol–water partition coefficient (Wildman–Crippen LogP) is 2.84. The maximum atomic E-state index is 13.4. The minimum Gasteiger partial charge on any atom is -0.375 e. The van der Waals surface area contributed by atoms with Crippen molar-refractivity contribution in [1.29, 1.82) is 0 Å². The summed E-state index contributed by atoms with van der Waals surface area (Å²) < 4.78 is 26.3. The second-order valence-electron chi connectivity index (χ2n) is 3.15. The Morgan fingerprint density at radius 3 is 2.60 bits per heavy atom. The van der Waals surface area contributed by atoms with Crippen LogP contribution < -0.4 is 4.90 Å². The van der Waals surface area contributed by atoms with Crippen LogP contribution in [0.4, 0.5) is 14.5 Å². The number of anilines is 1. The van der Waals surface area contributed by atoms with E-state index >= 15 is 0 Å². The van der Waals surface area contributed by atoms with Crippen LogP contribution >= 0.6 is 0 Å². The van der Waals surface area contributed by atoms with E-state index in [9.17, 15) is 8.78 Å². The topological polar surface area (TPSA) is 52.0 Å². The van der Waals surface area contributed by atoms with Crippen molar-refractivity contribution >= 4 is 5.69 Å². The standard InChI is InChI=1S/C9H10F2N4/c1-15(2)9-6(5-13-14-12)3-4-7(10)8(9)11/h3-4H,5H2,1-2H3. The Morgan fingerprint density at radius 1 is 1.40 bits per heavy atom. The molecule has 1 aromatic carbocycles. The number of halogens is 2. The van der Waals surface area contributed by atoms with Gasteiger partial charge in [-0.3, -0.25) is 0 Å². The number of rotatable bonds is 3. The van der Waals surface area contributed by atoms with Crippen molar-refractivity contribution in [3.8, 4) is 0 Å². The minimum absolute atomic E-state index is 0.00120. The highest BCUT2D eigenvalue weighted by atomic mass is 19.2. The molecule has 0 aliphatic heterocycles. The lowest BCUT2D eigenvalue weighted by molar-refractivity contribution is 0.507. The molecule has 0 heterocycles. The number of hydrogen-bond donors (Lipinski definition) is 0. The molecule has 0 amide bonds. The maximum Gasteiger partial charge on any atom is 0.182 e. The van der Waals surface area contributed by atoms with Crippen LogP contribution in [0.25, 0.3) is 10.4 Å². The zero-order valence-corrected chi connectivity index (χ0v) is 8.41. The molecule has 0 fully saturated rings. The first-order valence-electron chi connectivity index (χ1n) is 4.23. The van der Waals surface area contributed by atoms with E-state index in [2.05, 4.69) is 10.0 Å². The average molecular weight is 212 g/mol. The average Bonchev–Trinajstić information content (AvgIpc) is 2.19. The summed E-state index contributed by atoms with van der Waals surface area (Å²) in [6, 6.07) is 2.42. The molecular formula is C9H10F2N4. The highest BCUT2D eigenvalue weighted by Gasteiger charge is 2.14. The van der Waals surface area contributed by atoms with Gasteiger partial charge in [0.1, 0.15) is 0 Å². The molecular weight excluding hydrogens is 202 g/mol. The summed E-state index contributed by atoms with van der Waals surface area (Å²) in [5.74, 6) is -1.84. The van der Waals surface area contributed by atoms with Crippen molar-refractivity contribution in [2.24, 2.45) is 5.11 Å². The van der Waals surface area contributed by atoms with Gasteiger partial charge in [-0.1, -0.05) is 11.2 Å². The van der Waals surface area contributed by atoms with E-state index in [1.165, 1.54) is 11.0 Å².